The van der Waals surface area contributed by atoms with E-state index < -0.39 is 32.6 Å². The molecule has 0 aliphatic rings. The Morgan fingerprint density at radius 3 is 2.60 bits per heavy atom. The number of carboxylic acids is 1. The molecule has 1 N–H and O–H groups in total. The standard InChI is InChI=1S/C11H12BrClFNO4S/c1-6(11(16)17)5-15(2)20(18,19)10-4-8(13)7(12)3-9(10)14/h3-4,6H,5H2,1-2H3,(H,16,17). The van der Waals surface area contributed by atoms with Crippen LogP contribution in [-0.4, -0.2) is 37.4 Å². The Bertz CT molecular complexity index is 638. The molecule has 0 aromatic heterocycles. The van der Waals surface area contributed by atoms with Gasteiger partial charge in [-0.3, -0.25) is 4.79 Å². The molecular weight excluding hydrogens is 377 g/mol. The average Bonchev–Trinajstić information content (AvgIpc) is 2.33. The molecule has 0 aliphatic carbocycles. The summed E-state index contributed by atoms with van der Waals surface area (Å²) in [5.74, 6) is -3.01. The van der Waals surface area contributed by atoms with Crippen LogP contribution in [0.15, 0.2) is 21.5 Å². The SMILES string of the molecule is CC(CN(C)S(=O)(=O)c1cc(Cl)c(Br)cc1F)C(=O)O. The van der Waals surface area contributed by atoms with E-state index in [1.165, 1.54) is 14.0 Å². The fourth-order valence-electron chi connectivity index (χ4n) is 1.43. The molecule has 9 heteroatoms. The van der Waals surface area contributed by atoms with Crippen LogP contribution in [0.1, 0.15) is 6.92 Å². The molecule has 0 heterocycles. The van der Waals surface area contributed by atoms with Crippen molar-refractivity contribution >= 4 is 43.5 Å². The van der Waals surface area contributed by atoms with Gasteiger partial charge in [0, 0.05) is 18.1 Å². The molecule has 20 heavy (non-hydrogen) atoms. The van der Waals surface area contributed by atoms with Crippen molar-refractivity contribution in [3.63, 3.8) is 0 Å². The topological polar surface area (TPSA) is 74.7 Å². The van der Waals surface area contributed by atoms with E-state index in [2.05, 4.69) is 15.9 Å². The van der Waals surface area contributed by atoms with Gasteiger partial charge in [-0.15, -0.1) is 0 Å². The fourth-order valence-corrected chi connectivity index (χ4v) is 3.30. The van der Waals surface area contributed by atoms with E-state index in [0.717, 1.165) is 16.4 Å². The summed E-state index contributed by atoms with van der Waals surface area (Å²) in [4.78, 5) is 10.1. The smallest absolute Gasteiger partial charge is 0.307 e. The van der Waals surface area contributed by atoms with Crippen molar-refractivity contribution in [3.8, 4) is 0 Å². The molecule has 0 aliphatic heterocycles. The van der Waals surface area contributed by atoms with Gasteiger partial charge in [-0.05, 0) is 28.1 Å². The number of hydrogen-bond acceptors (Lipinski definition) is 3. The van der Waals surface area contributed by atoms with Crippen molar-refractivity contribution in [2.45, 2.75) is 11.8 Å². The summed E-state index contributed by atoms with van der Waals surface area (Å²) in [5, 5.41) is 8.83. The van der Waals surface area contributed by atoms with Crippen molar-refractivity contribution in [1.82, 2.24) is 4.31 Å². The maximum absolute atomic E-state index is 13.8. The van der Waals surface area contributed by atoms with Crippen LogP contribution in [0.5, 0.6) is 0 Å². The number of aliphatic carboxylic acids is 1. The average molecular weight is 389 g/mol. The molecule has 0 radical (unpaired) electrons. The quantitative estimate of drug-likeness (QED) is 0.787. The summed E-state index contributed by atoms with van der Waals surface area (Å²) in [6, 6.07) is 1.93. The van der Waals surface area contributed by atoms with Crippen molar-refractivity contribution in [2.75, 3.05) is 13.6 Å². The van der Waals surface area contributed by atoms with Crippen molar-refractivity contribution in [1.29, 1.82) is 0 Å². The summed E-state index contributed by atoms with van der Waals surface area (Å²) < 4.78 is 39.2. The summed E-state index contributed by atoms with van der Waals surface area (Å²) in [5.41, 5.74) is 0. The number of carboxylic acid groups (broad SMARTS) is 1. The third kappa shape index (κ3) is 3.69. The van der Waals surface area contributed by atoms with E-state index in [4.69, 9.17) is 16.7 Å². The lowest BCUT2D eigenvalue weighted by Gasteiger charge is -2.19. The highest BCUT2D eigenvalue weighted by atomic mass is 79.9. The number of sulfonamides is 1. The van der Waals surface area contributed by atoms with Gasteiger partial charge in [0.1, 0.15) is 10.7 Å². The Kier molecular flexibility index (Phi) is 5.54. The molecule has 1 aromatic carbocycles. The number of rotatable bonds is 5. The largest absolute Gasteiger partial charge is 0.481 e. The van der Waals surface area contributed by atoms with Crippen LogP contribution in [0.2, 0.25) is 5.02 Å². The summed E-state index contributed by atoms with van der Waals surface area (Å²) in [6.07, 6.45) is 0. The van der Waals surface area contributed by atoms with Gasteiger partial charge in [0.25, 0.3) is 0 Å². The van der Waals surface area contributed by atoms with E-state index >= 15 is 0 Å². The van der Waals surface area contributed by atoms with Gasteiger partial charge in [-0.1, -0.05) is 18.5 Å². The molecule has 0 saturated carbocycles. The van der Waals surface area contributed by atoms with E-state index in [-0.39, 0.29) is 16.0 Å². The second kappa shape index (κ2) is 6.38. The first kappa shape index (κ1) is 17.4. The van der Waals surface area contributed by atoms with Crippen molar-refractivity contribution in [3.05, 3.63) is 27.4 Å². The maximum Gasteiger partial charge on any atom is 0.307 e. The van der Waals surface area contributed by atoms with Crippen LogP contribution in [0.3, 0.4) is 0 Å². The summed E-state index contributed by atoms with van der Waals surface area (Å²) in [6.45, 7) is 1.09. The third-order valence-electron chi connectivity index (χ3n) is 2.62. The van der Waals surface area contributed by atoms with E-state index in [0.29, 0.717) is 0 Å². The van der Waals surface area contributed by atoms with E-state index in [1.54, 1.807) is 0 Å². The Hall–Kier alpha value is -0.700. The Morgan fingerprint density at radius 2 is 2.10 bits per heavy atom. The van der Waals surface area contributed by atoms with Crippen LogP contribution in [-0.2, 0) is 14.8 Å². The molecule has 0 spiro atoms. The number of carbonyl (C=O) groups is 1. The predicted molar refractivity (Wildman–Crippen MR) is 75.7 cm³/mol. The second-order valence-electron chi connectivity index (χ2n) is 4.22. The normalized spacial score (nSPS) is 13.5. The van der Waals surface area contributed by atoms with Crippen LogP contribution < -0.4 is 0 Å². The van der Waals surface area contributed by atoms with Gasteiger partial charge in [0.05, 0.1) is 10.9 Å². The van der Waals surface area contributed by atoms with Gasteiger partial charge < -0.3 is 5.11 Å². The van der Waals surface area contributed by atoms with E-state index in [9.17, 15) is 17.6 Å². The molecule has 1 atom stereocenters. The molecule has 1 rings (SSSR count). The molecule has 0 bridgehead atoms. The van der Waals surface area contributed by atoms with Gasteiger partial charge in [0.2, 0.25) is 10.0 Å². The number of benzene rings is 1. The van der Waals surface area contributed by atoms with Gasteiger partial charge in [-0.2, -0.15) is 4.31 Å². The van der Waals surface area contributed by atoms with Crippen LogP contribution in [0.25, 0.3) is 0 Å². The van der Waals surface area contributed by atoms with E-state index in [1.807, 2.05) is 0 Å². The third-order valence-corrected chi connectivity index (χ3v) is 5.65. The lowest BCUT2D eigenvalue weighted by atomic mass is 10.2. The number of halogens is 3. The fraction of sp³-hybridized carbons (Fsp3) is 0.364. The first-order valence-electron chi connectivity index (χ1n) is 5.41. The minimum absolute atomic E-state index is 0.0460. The second-order valence-corrected chi connectivity index (χ2v) is 7.50. The van der Waals surface area contributed by atoms with Gasteiger partial charge in [0.15, 0.2) is 0 Å². The Morgan fingerprint density at radius 1 is 1.55 bits per heavy atom. The molecule has 0 saturated heterocycles. The predicted octanol–water partition coefficient (Wildman–Crippen LogP) is 2.58. The molecule has 0 fully saturated rings. The van der Waals surface area contributed by atoms with Crippen LogP contribution in [0, 0.1) is 11.7 Å². The highest BCUT2D eigenvalue weighted by Gasteiger charge is 2.28. The van der Waals surface area contributed by atoms with Crippen molar-refractivity contribution in [2.24, 2.45) is 5.92 Å². The van der Waals surface area contributed by atoms with Crippen LogP contribution in [0.4, 0.5) is 4.39 Å². The Balaban J connectivity index is 3.17. The zero-order chi connectivity index (χ0) is 15.7. The number of nitrogens with zero attached hydrogens (tertiary/aromatic N) is 1. The Labute approximate surface area is 129 Å². The molecule has 112 valence electrons. The molecule has 5 nitrogen and oxygen atoms in total. The summed E-state index contributed by atoms with van der Waals surface area (Å²) >= 11 is 8.75. The van der Waals surface area contributed by atoms with Gasteiger partial charge >= 0.3 is 5.97 Å². The lowest BCUT2D eigenvalue weighted by molar-refractivity contribution is -0.141. The van der Waals surface area contributed by atoms with Crippen molar-refractivity contribution < 1.29 is 22.7 Å². The minimum Gasteiger partial charge on any atom is -0.481 e. The number of hydrogen-bond donors (Lipinski definition) is 1. The highest BCUT2D eigenvalue weighted by Crippen LogP contribution is 2.29. The first-order chi connectivity index (χ1) is 9.07. The highest BCUT2D eigenvalue weighted by molar-refractivity contribution is 9.10. The van der Waals surface area contributed by atoms with Crippen LogP contribution >= 0.6 is 27.5 Å². The molecule has 1 unspecified atom stereocenters. The zero-order valence-corrected chi connectivity index (χ0v) is 13.8. The molecule has 0 amide bonds. The van der Waals surface area contributed by atoms with Gasteiger partial charge in [-0.25, -0.2) is 12.8 Å². The molecule has 1 aromatic rings. The lowest BCUT2D eigenvalue weighted by Crippen LogP contribution is -2.34. The summed E-state index contributed by atoms with van der Waals surface area (Å²) in [7, 11) is -2.96. The monoisotopic (exact) mass is 387 g/mol. The maximum atomic E-state index is 13.8. The first-order valence-corrected chi connectivity index (χ1v) is 8.02. The molecular formula is C11H12BrClFNO4S. The zero-order valence-electron chi connectivity index (χ0n) is 10.6. The minimum atomic E-state index is -4.15.